The van der Waals surface area contributed by atoms with Crippen molar-refractivity contribution >= 4 is 33.7 Å². The number of ether oxygens (including phenoxy) is 1. The molecule has 1 saturated heterocycles. The predicted octanol–water partition coefficient (Wildman–Crippen LogP) is 3.53. The first-order chi connectivity index (χ1) is 13.2. The number of nitrogens with zero attached hydrogens (tertiary/aromatic N) is 4. The molecule has 1 atom stereocenters. The normalized spacial score (nSPS) is 18.3. The molecule has 1 aliphatic heterocycles. The Bertz CT molecular complexity index is 970. The summed E-state index contributed by atoms with van der Waals surface area (Å²) in [5.41, 5.74) is 3.30. The molecule has 0 aromatic carbocycles. The average Bonchev–Trinajstić information content (AvgIpc) is 3.45. The van der Waals surface area contributed by atoms with Gasteiger partial charge < -0.3 is 4.74 Å². The topological polar surface area (TPSA) is 60.2 Å². The van der Waals surface area contributed by atoms with Crippen LogP contribution < -0.4 is 4.90 Å². The lowest BCUT2D eigenvalue weighted by atomic mass is 10.0. The van der Waals surface area contributed by atoms with Gasteiger partial charge in [-0.1, -0.05) is 6.07 Å². The molecule has 0 spiro atoms. The lowest BCUT2D eigenvalue weighted by Gasteiger charge is -2.22. The summed E-state index contributed by atoms with van der Waals surface area (Å²) in [7, 11) is 1.97. The van der Waals surface area contributed by atoms with E-state index in [1.807, 2.05) is 40.3 Å². The molecule has 1 fully saturated rings. The fraction of sp³-hybridized carbons (Fsp3) is 0.421. The molecule has 0 saturated carbocycles. The van der Waals surface area contributed by atoms with Gasteiger partial charge in [-0.2, -0.15) is 5.10 Å². The molecule has 0 bridgehead atoms. The lowest BCUT2D eigenvalue weighted by molar-refractivity contribution is 0.0920. The van der Waals surface area contributed by atoms with Crippen molar-refractivity contribution in [1.82, 2.24) is 14.8 Å². The minimum Gasteiger partial charge on any atom is -0.376 e. The van der Waals surface area contributed by atoms with Crippen LogP contribution in [0.5, 0.6) is 0 Å². The molecule has 0 unspecified atom stereocenters. The van der Waals surface area contributed by atoms with Gasteiger partial charge in [-0.25, -0.2) is 4.98 Å². The minimum atomic E-state index is 0.0120. The first-order valence-corrected chi connectivity index (χ1v) is 10.9. The van der Waals surface area contributed by atoms with E-state index >= 15 is 0 Å². The van der Waals surface area contributed by atoms with Crippen LogP contribution in [0.4, 0.5) is 5.13 Å². The number of fused-ring (bicyclic) bond motifs is 3. The number of hydrogen-bond acceptors (Lipinski definition) is 6. The molecule has 1 aliphatic carbocycles. The van der Waals surface area contributed by atoms with E-state index in [1.54, 1.807) is 11.3 Å². The SMILES string of the molecule is Cn1ncc2c1CCc1sc(N(C[C@@H]3CCCO3)C(=O)c3cccs3)nc1-2. The summed E-state index contributed by atoms with van der Waals surface area (Å²) in [4.78, 5) is 21.9. The molecule has 0 radical (unpaired) electrons. The molecule has 0 N–H and O–H groups in total. The lowest BCUT2D eigenvalue weighted by Crippen LogP contribution is -2.37. The third-order valence-corrected chi connectivity index (χ3v) is 7.21. The van der Waals surface area contributed by atoms with Crippen LogP contribution in [0.25, 0.3) is 11.3 Å². The van der Waals surface area contributed by atoms with Crippen molar-refractivity contribution in [1.29, 1.82) is 0 Å². The number of anilines is 1. The van der Waals surface area contributed by atoms with Crippen molar-refractivity contribution < 1.29 is 9.53 Å². The highest BCUT2D eigenvalue weighted by molar-refractivity contribution is 7.16. The maximum absolute atomic E-state index is 13.2. The Hall–Kier alpha value is -2.03. The molecule has 6 nitrogen and oxygen atoms in total. The Balaban J connectivity index is 1.52. The van der Waals surface area contributed by atoms with Crippen molar-refractivity contribution in [2.24, 2.45) is 7.05 Å². The quantitative estimate of drug-likeness (QED) is 0.672. The van der Waals surface area contributed by atoms with Gasteiger partial charge in [0.25, 0.3) is 5.91 Å². The van der Waals surface area contributed by atoms with E-state index in [0.29, 0.717) is 6.54 Å². The Kier molecular flexibility index (Phi) is 4.34. The summed E-state index contributed by atoms with van der Waals surface area (Å²) < 4.78 is 7.74. The first kappa shape index (κ1) is 17.1. The zero-order valence-electron chi connectivity index (χ0n) is 15.1. The van der Waals surface area contributed by atoms with Gasteiger partial charge in [0.05, 0.1) is 29.4 Å². The number of aryl methyl sites for hydroxylation is 2. The standard InChI is InChI=1S/C19H20N4O2S2/c1-22-14-6-7-15-17(13(14)10-20-22)21-19(27-15)23(11-12-4-2-8-25-12)18(24)16-5-3-9-26-16/h3,5,9-10,12H,2,4,6-8,11H2,1H3/t12-/m0/s1. The number of thiophene rings is 1. The second-order valence-corrected chi connectivity index (χ2v) is 8.93. The fourth-order valence-electron chi connectivity index (χ4n) is 3.80. The van der Waals surface area contributed by atoms with Gasteiger partial charge in [-0.05, 0) is 37.1 Å². The van der Waals surface area contributed by atoms with Crippen molar-refractivity contribution in [2.75, 3.05) is 18.1 Å². The zero-order chi connectivity index (χ0) is 18.4. The smallest absolute Gasteiger partial charge is 0.270 e. The van der Waals surface area contributed by atoms with E-state index in [2.05, 4.69) is 5.10 Å². The number of carbonyl (C=O) groups excluding carboxylic acids is 1. The molecule has 4 heterocycles. The zero-order valence-corrected chi connectivity index (χ0v) is 16.7. The van der Waals surface area contributed by atoms with E-state index in [0.717, 1.165) is 53.6 Å². The van der Waals surface area contributed by atoms with Crippen molar-refractivity contribution in [3.05, 3.63) is 39.2 Å². The van der Waals surface area contributed by atoms with Crippen molar-refractivity contribution in [3.63, 3.8) is 0 Å². The summed E-state index contributed by atoms with van der Waals surface area (Å²) in [6, 6.07) is 3.79. The number of aromatic nitrogens is 3. The summed E-state index contributed by atoms with van der Waals surface area (Å²) in [6.45, 7) is 1.34. The van der Waals surface area contributed by atoms with E-state index < -0.39 is 0 Å². The summed E-state index contributed by atoms with van der Waals surface area (Å²) >= 11 is 3.10. The Morgan fingerprint density at radius 3 is 3.15 bits per heavy atom. The second kappa shape index (κ2) is 6.85. The molecule has 3 aromatic rings. The molecular weight excluding hydrogens is 380 g/mol. The number of hydrogen-bond donors (Lipinski definition) is 0. The molecule has 5 rings (SSSR count). The highest BCUT2D eigenvalue weighted by atomic mass is 32.1. The Morgan fingerprint density at radius 1 is 1.44 bits per heavy atom. The van der Waals surface area contributed by atoms with Gasteiger partial charge >= 0.3 is 0 Å². The fourth-order valence-corrected chi connectivity index (χ4v) is 5.55. The Labute approximate surface area is 165 Å². The van der Waals surface area contributed by atoms with E-state index in [-0.39, 0.29) is 12.0 Å². The third-order valence-electron chi connectivity index (χ3n) is 5.21. The molecule has 140 valence electrons. The van der Waals surface area contributed by atoms with Crippen LogP contribution in [0.2, 0.25) is 0 Å². The van der Waals surface area contributed by atoms with Gasteiger partial charge in [0.2, 0.25) is 0 Å². The van der Waals surface area contributed by atoms with Crippen LogP contribution >= 0.6 is 22.7 Å². The molecule has 2 aliphatic rings. The van der Waals surface area contributed by atoms with E-state index in [4.69, 9.17) is 9.72 Å². The highest BCUT2D eigenvalue weighted by Crippen LogP contribution is 2.39. The molecular formula is C19H20N4O2S2. The minimum absolute atomic E-state index is 0.0120. The number of amides is 1. The Morgan fingerprint density at radius 2 is 2.37 bits per heavy atom. The first-order valence-electron chi connectivity index (χ1n) is 9.18. The highest BCUT2D eigenvalue weighted by Gasteiger charge is 2.30. The molecule has 3 aromatic heterocycles. The molecule has 27 heavy (non-hydrogen) atoms. The largest absolute Gasteiger partial charge is 0.376 e. The van der Waals surface area contributed by atoms with Gasteiger partial charge in [-0.15, -0.1) is 22.7 Å². The van der Waals surface area contributed by atoms with Crippen LogP contribution in [0.3, 0.4) is 0 Å². The summed E-state index contributed by atoms with van der Waals surface area (Å²) in [6.07, 6.45) is 5.93. The van der Waals surface area contributed by atoms with Gasteiger partial charge in [-0.3, -0.25) is 14.4 Å². The third kappa shape index (κ3) is 3.01. The van der Waals surface area contributed by atoms with Crippen molar-refractivity contribution in [3.8, 4) is 11.3 Å². The number of thiazole rings is 1. The summed E-state index contributed by atoms with van der Waals surface area (Å²) in [5, 5.41) is 7.10. The van der Waals surface area contributed by atoms with Crippen LogP contribution in [0.15, 0.2) is 23.7 Å². The molecule has 8 heteroatoms. The van der Waals surface area contributed by atoms with E-state index in [1.165, 1.54) is 21.9 Å². The van der Waals surface area contributed by atoms with Gasteiger partial charge in [0.15, 0.2) is 5.13 Å². The van der Waals surface area contributed by atoms with Gasteiger partial charge in [0.1, 0.15) is 0 Å². The average molecular weight is 401 g/mol. The predicted molar refractivity (Wildman–Crippen MR) is 107 cm³/mol. The van der Waals surface area contributed by atoms with Crippen LogP contribution in [0.1, 0.15) is 33.1 Å². The maximum Gasteiger partial charge on any atom is 0.270 e. The van der Waals surface area contributed by atoms with Crippen LogP contribution in [0, 0.1) is 0 Å². The monoisotopic (exact) mass is 400 g/mol. The molecule has 1 amide bonds. The summed E-state index contributed by atoms with van der Waals surface area (Å²) in [5.74, 6) is 0.0120. The van der Waals surface area contributed by atoms with Gasteiger partial charge in [0, 0.05) is 29.8 Å². The van der Waals surface area contributed by atoms with E-state index in [9.17, 15) is 4.79 Å². The second-order valence-electron chi connectivity index (χ2n) is 6.92. The number of carbonyl (C=O) groups is 1. The van der Waals surface area contributed by atoms with Crippen LogP contribution in [-0.2, 0) is 24.6 Å². The number of rotatable bonds is 4. The van der Waals surface area contributed by atoms with Crippen LogP contribution in [-0.4, -0.2) is 39.9 Å². The maximum atomic E-state index is 13.2. The van der Waals surface area contributed by atoms with Crippen molar-refractivity contribution in [2.45, 2.75) is 31.8 Å².